The van der Waals surface area contributed by atoms with Gasteiger partial charge < -0.3 is 35.0 Å². The van der Waals surface area contributed by atoms with E-state index in [1.54, 1.807) is 18.2 Å². The van der Waals surface area contributed by atoms with Gasteiger partial charge in [0.25, 0.3) is 0 Å². The van der Waals surface area contributed by atoms with Crippen LogP contribution in [-0.2, 0) is 11.2 Å². The van der Waals surface area contributed by atoms with Crippen LogP contribution in [0.2, 0.25) is 0 Å². The van der Waals surface area contributed by atoms with Crippen molar-refractivity contribution in [2.75, 3.05) is 0 Å². The Morgan fingerprint density at radius 3 is 2.12 bits per heavy atom. The highest BCUT2D eigenvalue weighted by Crippen LogP contribution is 2.44. The predicted molar refractivity (Wildman–Crippen MR) is 141 cm³/mol. The lowest BCUT2D eigenvalue weighted by Crippen LogP contribution is -2.65. The van der Waals surface area contributed by atoms with Crippen molar-refractivity contribution in [1.29, 1.82) is 0 Å². The van der Waals surface area contributed by atoms with Crippen LogP contribution in [0.1, 0.15) is 68.7 Å². The summed E-state index contributed by atoms with van der Waals surface area (Å²) in [7, 11) is 0. The summed E-state index contributed by atoms with van der Waals surface area (Å²) in [5.41, 5.74) is -0.0944. The number of hydrogen-bond acceptors (Lipinski definition) is 9. The molecule has 0 bridgehead atoms. The zero-order valence-electron chi connectivity index (χ0n) is 21.6. The molecule has 0 unspecified atom stereocenters. The predicted octanol–water partition coefficient (Wildman–Crippen LogP) is 2.25. The summed E-state index contributed by atoms with van der Waals surface area (Å²) in [5, 5.41) is 54.7. The summed E-state index contributed by atoms with van der Waals surface area (Å²) < 4.78 is 11.9. The topological polar surface area (TPSA) is 154 Å². The van der Waals surface area contributed by atoms with Gasteiger partial charge in [-0.05, 0) is 24.5 Å². The van der Waals surface area contributed by atoms with Crippen molar-refractivity contribution in [2.45, 2.75) is 68.4 Å². The fraction of sp³-hybridized carbons (Fsp3) is 0.355. The van der Waals surface area contributed by atoms with Gasteiger partial charge in [0.1, 0.15) is 24.4 Å². The molecule has 5 N–H and O–H groups in total. The fourth-order valence-corrected chi connectivity index (χ4v) is 6.13. The van der Waals surface area contributed by atoms with Crippen LogP contribution in [0.4, 0.5) is 0 Å². The van der Waals surface area contributed by atoms with Crippen molar-refractivity contribution in [1.82, 2.24) is 0 Å². The number of hydrogen-bond donors (Lipinski definition) is 5. The molecule has 3 aromatic carbocycles. The van der Waals surface area contributed by atoms with E-state index in [1.807, 2.05) is 30.3 Å². The molecule has 40 heavy (non-hydrogen) atoms. The smallest absolute Gasteiger partial charge is 0.229 e. The van der Waals surface area contributed by atoms with Crippen LogP contribution in [0.5, 0.6) is 11.5 Å². The van der Waals surface area contributed by atoms with Crippen molar-refractivity contribution in [2.24, 2.45) is 0 Å². The first-order valence-electron chi connectivity index (χ1n) is 13.4. The summed E-state index contributed by atoms with van der Waals surface area (Å²) in [4.78, 5) is 26.9. The number of aromatic hydroxyl groups is 1. The highest BCUT2D eigenvalue weighted by molar-refractivity contribution is 6.29. The lowest BCUT2D eigenvalue weighted by Gasteiger charge is -2.45. The molecular formula is C31H30O9. The maximum absolute atomic E-state index is 13.5. The Kier molecular flexibility index (Phi) is 6.72. The largest absolute Gasteiger partial charge is 0.504 e. The van der Waals surface area contributed by atoms with Gasteiger partial charge in [0.2, 0.25) is 6.29 Å². The van der Waals surface area contributed by atoms with E-state index in [1.165, 1.54) is 12.1 Å². The maximum Gasteiger partial charge on any atom is 0.229 e. The van der Waals surface area contributed by atoms with Crippen LogP contribution in [-0.4, -0.2) is 73.4 Å². The van der Waals surface area contributed by atoms with Crippen LogP contribution in [0.3, 0.4) is 0 Å². The number of aliphatic hydroxyl groups is 4. The minimum Gasteiger partial charge on any atom is -0.504 e. The van der Waals surface area contributed by atoms with E-state index < -0.39 is 53.6 Å². The molecule has 9 heteroatoms. The molecule has 2 fully saturated rings. The van der Waals surface area contributed by atoms with E-state index >= 15 is 0 Å². The highest BCUT2D eigenvalue weighted by atomic mass is 16.7. The average molecular weight is 547 g/mol. The Morgan fingerprint density at radius 2 is 1.45 bits per heavy atom. The number of fused-ring (bicyclic) bond motifs is 2. The molecule has 0 spiro atoms. The van der Waals surface area contributed by atoms with Gasteiger partial charge in [-0.15, -0.1) is 0 Å². The number of aliphatic hydroxyl groups excluding tert-OH is 3. The molecule has 2 aliphatic carbocycles. The van der Waals surface area contributed by atoms with Crippen molar-refractivity contribution >= 4 is 11.6 Å². The number of phenols is 1. The highest BCUT2D eigenvalue weighted by Gasteiger charge is 2.54. The maximum atomic E-state index is 13.5. The van der Waals surface area contributed by atoms with Crippen molar-refractivity contribution in [3.63, 3.8) is 0 Å². The monoisotopic (exact) mass is 546 g/mol. The van der Waals surface area contributed by atoms with Gasteiger partial charge in [-0.25, -0.2) is 0 Å². The minimum absolute atomic E-state index is 0.0261. The molecule has 208 valence electrons. The van der Waals surface area contributed by atoms with Crippen molar-refractivity contribution in [3.8, 4) is 11.5 Å². The van der Waals surface area contributed by atoms with E-state index in [9.17, 15) is 35.1 Å². The Morgan fingerprint density at radius 1 is 0.825 bits per heavy atom. The molecule has 1 saturated carbocycles. The Balaban J connectivity index is 1.44. The summed E-state index contributed by atoms with van der Waals surface area (Å²) >= 11 is 0. The molecular weight excluding hydrogens is 516 g/mol. The van der Waals surface area contributed by atoms with Gasteiger partial charge in [-0.2, -0.15) is 0 Å². The third-order valence-corrected chi connectivity index (χ3v) is 8.26. The van der Waals surface area contributed by atoms with E-state index in [0.29, 0.717) is 31.2 Å². The molecule has 0 aromatic heterocycles. The van der Waals surface area contributed by atoms with Gasteiger partial charge in [-0.3, -0.25) is 9.59 Å². The number of phenolic OH excluding ortho intramolecular Hbond substituents is 1. The summed E-state index contributed by atoms with van der Waals surface area (Å²) in [5.74, 6) is -1.77. The molecule has 3 aliphatic rings. The zero-order chi connectivity index (χ0) is 28.2. The second-order valence-corrected chi connectivity index (χ2v) is 10.8. The zero-order valence-corrected chi connectivity index (χ0v) is 21.6. The number of carbonyl (C=O) groups excluding carboxylic acids is 2. The number of ether oxygens (including phenoxy) is 2. The Hall–Kier alpha value is -3.60. The van der Waals surface area contributed by atoms with Gasteiger partial charge in [0, 0.05) is 28.7 Å². The van der Waals surface area contributed by atoms with Crippen LogP contribution >= 0.6 is 0 Å². The van der Waals surface area contributed by atoms with E-state index in [0.717, 1.165) is 5.56 Å². The third-order valence-electron chi connectivity index (χ3n) is 8.26. The SMILES string of the molecule is O=C1c2ccccc2C(=O)c2c1cc(Cc1ccccc1)c(O[C@H]1O[C@@H](C3(O)CCCC3)[C@H](O)[C@@H](O)[C@@H]1O)c2O. The van der Waals surface area contributed by atoms with Crippen LogP contribution in [0.15, 0.2) is 60.7 Å². The average Bonchev–Trinajstić information content (AvgIpc) is 3.41. The summed E-state index contributed by atoms with van der Waals surface area (Å²) in [6, 6.07) is 17.1. The van der Waals surface area contributed by atoms with Crippen LogP contribution < -0.4 is 4.74 Å². The second kappa shape index (κ2) is 10.1. The van der Waals surface area contributed by atoms with Gasteiger partial charge >= 0.3 is 0 Å². The molecule has 0 radical (unpaired) electrons. The van der Waals surface area contributed by atoms with E-state index in [-0.39, 0.29) is 34.4 Å². The summed E-state index contributed by atoms with van der Waals surface area (Å²) in [6.45, 7) is 0. The van der Waals surface area contributed by atoms with Crippen LogP contribution in [0.25, 0.3) is 0 Å². The molecule has 9 nitrogen and oxygen atoms in total. The first-order chi connectivity index (χ1) is 19.2. The molecule has 6 rings (SSSR count). The Bertz CT molecular complexity index is 1460. The first-order valence-corrected chi connectivity index (χ1v) is 13.4. The normalized spacial score (nSPS) is 27.2. The van der Waals surface area contributed by atoms with Crippen LogP contribution in [0, 0.1) is 0 Å². The summed E-state index contributed by atoms with van der Waals surface area (Å²) in [6.07, 6.45) is -5.60. The van der Waals surface area contributed by atoms with Gasteiger partial charge in [-0.1, -0.05) is 67.4 Å². The van der Waals surface area contributed by atoms with E-state index in [2.05, 4.69) is 0 Å². The molecule has 1 aliphatic heterocycles. The quantitative estimate of drug-likeness (QED) is 0.254. The number of rotatable bonds is 5. The van der Waals surface area contributed by atoms with Crippen molar-refractivity contribution in [3.05, 3.63) is 94.0 Å². The lowest BCUT2D eigenvalue weighted by molar-refractivity contribution is -0.304. The van der Waals surface area contributed by atoms with E-state index in [4.69, 9.17) is 9.47 Å². The number of ketones is 2. The Labute approximate surface area is 230 Å². The molecule has 1 saturated heterocycles. The second-order valence-electron chi connectivity index (χ2n) is 10.8. The number of benzene rings is 3. The molecule has 5 atom stereocenters. The third kappa shape index (κ3) is 4.31. The van der Waals surface area contributed by atoms with Gasteiger partial charge in [0.05, 0.1) is 11.2 Å². The first kappa shape index (κ1) is 26.6. The standard InChI is InChI=1S/C31H30O9/c32-22-18-10-4-5-11-19(18)23(33)21-20(22)15-17(14-16-8-2-1-3-9-16)28(24(21)34)39-30-27(37)25(35)26(36)29(40-30)31(38)12-6-7-13-31/h1-5,8-11,15,25-27,29-30,34-38H,6-7,12-14H2/t25-,26-,27+,29-,30+/m1/s1. The van der Waals surface area contributed by atoms with Crippen molar-refractivity contribution < 1.29 is 44.6 Å². The van der Waals surface area contributed by atoms with Gasteiger partial charge in [0.15, 0.2) is 23.1 Å². The molecule has 1 heterocycles. The minimum atomic E-state index is -1.74. The number of carbonyl (C=O) groups is 2. The fourth-order valence-electron chi connectivity index (χ4n) is 6.13. The molecule has 3 aromatic rings. The lowest BCUT2D eigenvalue weighted by atomic mass is 9.82. The molecule has 0 amide bonds.